The fourth-order valence-electron chi connectivity index (χ4n) is 4.37. The first-order valence-electron chi connectivity index (χ1n) is 12.1. The van der Waals surface area contributed by atoms with Crippen molar-refractivity contribution in [1.82, 2.24) is 19.1 Å². The number of rotatable bonds is 8. The van der Waals surface area contributed by atoms with Crippen LogP contribution in [0.15, 0.2) is 41.5 Å². The number of aliphatic hydroxyl groups excluding tert-OH is 4. The molecule has 0 aromatic carbocycles. The Morgan fingerprint density at radius 1 is 0.833 bits per heavy atom. The zero-order chi connectivity index (χ0) is 30.7. The van der Waals surface area contributed by atoms with Crippen molar-refractivity contribution in [3.05, 3.63) is 75.2 Å². The van der Waals surface area contributed by atoms with E-state index in [1.807, 2.05) is 0 Å². The zero-order valence-corrected chi connectivity index (χ0v) is 24.3. The van der Waals surface area contributed by atoms with Crippen molar-refractivity contribution < 1.29 is 44.2 Å². The molecule has 8 atom stereocenters. The zero-order valence-electron chi connectivity index (χ0n) is 21.1. The van der Waals surface area contributed by atoms with E-state index in [-0.39, 0.29) is 24.0 Å². The summed E-state index contributed by atoms with van der Waals surface area (Å²) in [5.41, 5.74) is -2.87. The van der Waals surface area contributed by atoms with Crippen molar-refractivity contribution in [2.45, 2.75) is 62.3 Å². The molecule has 0 radical (unpaired) electrons. The molecule has 2 saturated heterocycles. The molecule has 0 spiro atoms. The number of hydrogen-bond donors (Lipinski definition) is 6. The molecule has 0 amide bonds. The molecule has 2 unspecified atom stereocenters. The average Bonchev–Trinajstić information content (AvgIpc) is 3.49. The highest BCUT2D eigenvalue weighted by Gasteiger charge is 2.44. The lowest BCUT2D eigenvalue weighted by atomic mass is 10.1. The molecule has 4 rings (SSSR count). The van der Waals surface area contributed by atoms with Gasteiger partial charge in [0, 0.05) is 25.2 Å². The summed E-state index contributed by atoms with van der Waals surface area (Å²) in [6, 6.07) is 0. The van der Waals surface area contributed by atoms with E-state index in [0.717, 1.165) is 9.13 Å². The number of aliphatic hydroxyl groups is 4. The highest BCUT2D eigenvalue weighted by Crippen LogP contribution is 2.32. The van der Waals surface area contributed by atoms with Gasteiger partial charge < -0.3 is 39.4 Å². The van der Waals surface area contributed by atoms with Gasteiger partial charge in [-0.15, -0.1) is 0 Å². The van der Waals surface area contributed by atoms with Crippen molar-refractivity contribution in [2.75, 3.05) is 0 Å². The van der Waals surface area contributed by atoms with Crippen molar-refractivity contribution >= 4 is 50.2 Å². The lowest BCUT2D eigenvalue weighted by Gasteiger charge is -2.24. The Bertz CT molecular complexity index is 1480. The minimum atomic E-state index is -2.13. The molecule has 228 valence electrons. The predicted octanol–water partition coefficient (Wildman–Crippen LogP) is -1.10. The molecule has 2 fully saturated rings. The molecule has 0 saturated carbocycles. The second-order valence-electron chi connectivity index (χ2n) is 9.07. The standard InChI is InChI=1S/C23H24Br2N4O13/c24-3-1-9-7-28(21(36)26-17(9)32)13-5-11(30)15(39-13)19(34)41-23(38)42-20(35)16-12(31)6-14(40-16)29-8-10(2-4-25)18(33)27-22(29)37/h1-4,7-8,11-16,19-20,30-31,34-35H,5-6H2,(H,26,32,36)(H,27,33,37)/t11-,12-,13+,14+,15-,16-,19?,20?/m0/s1. The van der Waals surface area contributed by atoms with Crippen LogP contribution >= 0.6 is 31.9 Å². The first kappa shape index (κ1) is 31.8. The number of nitrogens with one attached hydrogen (secondary N) is 2. The van der Waals surface area contributed by atoms with Gasteiger partial charge in [-0.05, 0) is 22.1 Å². The Morgan fingerprint density at radius 3 is 1.57 bits per heavy atom. The normalized spacial score (nSPS) is 27.5. The minimum absolute atomic E-state index is 0.0857. The number of halogens is 2. The van der Waals surface area contributed by atoms with E-state index < -0.39 is 78.1 Å². The lowest BCUT2D eigenvalue weighted by molar-refractivity contribution is -0.210. The van der Waals surface area contributed by atoms with E-state index in [1.54, 1.807) is 0 Å². The summed E-state index contributed by atoms with van der Waals surface area (Å²) in [5.74, 6) is 0. The van der Waals surface area contributed by atoms with Gasteiger partial charge in [0.05, 0.1) is 23.3 Å². The van der Waals surface area contributed by atoms with Crippen LogP contribution < -0.4 is 22.5 Å². The smallest absolute Gasteiger partial charge is 0.401 e. The monoisotopic (exact) mass is 722 g/mol. The quantitative estimate of drug-likeness (QED) is 0.140. The van der Waals surface area contributed by atoms with Crippen LogP contribution in [0.5, 0.6) is 0 Å². The van der Waals surface area contributed by atoms with E-state index in [2.05, 4.69) is 41.8 Å². The maximum Gasteiger partial charge on any atom is 0.513 e. The number of H-pyrrole nitrogens is 2. The molecule has 4 heterocycles. The first-order chi connectivity index (χ1) is 19.9. The van der Waals surface area contributed by atoms with Gasteiger partial charge in [0.25, 0.3) is 11.1 Å². The lowest BCUT2D eigenvalue weighted by Crippen LogP contribution is -2.41. The van der Waals surface area contributed by atoms with Crippen LogP contribution in [0.1, 0.15) is 36.4 Å². The molecule has 19 heteroatoms. The molecule has 42 heavy (non-hydrogen) atoms. The SMILES string of the molecule is O=C(OC(O)[C@H]1O[C@@H](n2cc(C=CBr)c(=O)[nH]c2=O)C[C@@H]1O)OC(O)[C@H]1O[C@@H](n2cc(C=CBr)c(=O)[nH]c2=O)C[C@@H]1O. The second kappa shape index (κ2) is 13.4. The molecule has 2 aromatic heterocycles. The fourth-order valence-corrected chi connectivity index (χ4v) is 4.94. The number of ether oxygens (including phenoxy) is 4. The van der Waals surface area contributed by atoms with Crippen LogP contribution in [0.2, 0.25) is 0 Å². The Hall–Kier alpha value is -3.17. The number of carbonyl (C=O) groups excluding carboxylic acids is 1. The molecule has 2 aromatic rings. The van der Waals surface area contributed by atoms with Crippen LogP contribution in [0, 0.1) is 0 Å². The maximum absolute atomic E-state index is 12.3. The summed E-state index contributed by atoms with van der Waals surface area (Å²) in [7, 11) is 0. The Balaban J connectivity index is 1.37. The van der Waals surface area contributed by atoms with Gasteiger partial charge in [-0.3, -0.25) is 28.7 Å². The van der Waals surface area contributed by atoms with Gasteiger partial charge in [0.1, 0.15) is 24.7 Å². The van der Waals surface area contributed by atoms with E-state index >= 15 is 0 Å². The molecular formula is C23H24Br2N4O13. The van der Waals surface area contributed by atoms with E-state index in [4.69, 9.17) is 18.9 Å². The van der Waals surface area contributed by atoms with Crippen LogP contribution in [0.25, 0.3) is 12.2 Å². The van der Waals surface area contributed by atoms with Gasteiger partial charge in [-0.2, -0.15) is 0 Å². The second-order valence-corrected chi connectivity index (χ2v) is 10.1. The summed E-state index contributed by atoms with van der Waals surface area (Å²) in [6.45, 7) is 0. The van der Waals surface area contributed by atoms with E-state index in [9.17, 15) is 44.4 Å². The Labute approximate surface area is 250 Å². The highest BCUT2D eigenvalue weighted by atomic mass is 79.9. The third-order valence-electron chi connectivity index (χ3n) is 6.37. The average molecular weight is 724 g/mol. The van der Waals surface area contributed by atoms with Crippen molar-refractivity contribution in [3.8, 4) is 0 Å². The molecule has 2 aliphatic rings. The maximum atomic E-state index is 12.3. The number of nitrogens with zero attached hydrogens (tertiary/aromatic N) is 2. The molecule has 17 nitrogen and oxygen atoms in total. The molecular weight excluding hydrogens is 700 g/mol. The summed E-state index contributed by atoms with van der Waals surface area (Å²) in [4.78, 5) is 67.5. The van der Waals surface area contributed by atoms with Gasteiger partial charge >= 0.3 is 17.5 Å². The van der Waals surface area contributed by atoms with Crippen LogP contribution in [0.4, 0.5) is 4.79 Å². The van der Waals surface area contributed by atoms with Gasteiger partial charge in [-0.1, -0.05) is 31.9 Å². The number of aromatic amines is 2. The molecule has 0 bridgehead atoms. The topological polar surface area (TPSA) is 245 Å². The van der Waals surface area contributed by atoms with Crippen LogP contribution in [-0.4, -0.2) is 82.7 Å². The van der Waals surface area contributed by atoms with E-state index in [1.165, 1.54) is 34.5 Å². The fraction of sp³-hybridized carbons (Fsp3) is 0.435. The van der Waals surface area contributed by atoms with E-state index in [0.29, 0.717) is 0 Å². The summed E-state index contributed by atoms with van der Waals surface area (Å²) < 4.78 is 22.3. The molecule has 2 aliphatic heterocycles. The Morgan fingerprint density at radius 2 is 1.21 bits per heavy atom. The minimum Gasteiger partial charge on any atom is -0.401 e. The number of aromatic nitrogens is 4. The Kier molecular flexibility index (Phi) is 10.1. The van der Waals surface area contributed by atoms with Crippen LogP contribution in [-0.2, 0) is 18.9 Å². The van der Waals surface area contributed by atoms with Gasteiger partial charge in [0.15, 0.2) is 0 Å². The summed E-state index contributed by atoms with van der Waals surface area (Å²) >= 11 is 6.04. The molecule has 0 aliphatic carbocycles. The largest absolute Gasteiger partial charge is 0.513 e. The first-order valence-corrected chi connectivity index (χ1v) is 13.9. The van der Waals surface area contributed by atoms with Crippen molar-refractivity contribution in [3.63, 3.8) is 0 Å². The third kappa shape index (κ3) is 6.89. The molecule has 6 N–H and O–H groups in total. The van der Waals surface area contributed by atoms with Crippen molar-refractivity contribution in [2.24, 2.45) is 0 Å². The van der Waals surface area contributed by atoms with Crippen molar-refractivity contribution in [1.29, 1.82) is 0 Å². The van der Waals surface area contributed by atoms with Gasteiger partial charge in [0.2, 0.25) is 12.6 Å². The number of hydrogen-bond acceptors (Lipinski definition) is 13. The summed E-state index contributed by atoms with van der Waals surface area (Å²) in [6.07, 6.45) is -9.56. The van der Waals surface area contributed by atoms with Gasteiger partial charge in [-0.25, -0.2) is 14.4 Å². The predicted molar refractivity (Wildman–Crippen MR) is 147 cm³/mol. The third-order valence-corrected chi connectivity index (χ3v) is 6.89. The summed E-state index contributed by atoms with van der Waals surface area (Å²) in [5, 5.41) is 41.4. The number of carbonyl (C=O) groups is 1. The van der Waals surface area contributed by atoms with Crippen LogP contribution in [0.3, 0.4) is 0 Å². The highest BCUT2D eigenvalue weighted by molar-refractivity contribution is 9.11.